The first kappa shape index (κ1) is 13.8. The molecule has 0 radical (unpaired) electrons. The van der Waals surface area contributed by atoms with Gasteiger partial charge in [-0.1, -0.05) is 36.4 Å². The van der Waals surface area contributed by atoms with Crippen LogP contribution in [0.2, 0.25) is 0 Å². The summed E-state index contributed by atoms with van der Waals surface area (Å²) in [6.07, 6.45) is 0.859. The second kappa shape index (κ2) is 5.31. The molecule has 0 bridgehead atoms. The van der Waals surface area contributed by atoms with E-state index in [0.29, 0.717) is 18.4 Å². The van der Waals surface area contributed by atoms with Gasteiger partial charge < -0.3 is 5.11 Å². The number of fused-ring (bicyclic) bond motifs is 1. The van der Waals surface area contributed by atoms with Crippen LogP contribution in [-0.2, 0) is 12.8 Å². The monoisotopic (exact) mass is 281 g/mol. The maximum Gasteiger partial charge on any atom is 0.123 e. The van der Waals surface area contributed by atoms with E-state index in [9.17, 15) is 14.8 Å². The van der Waals surface area contributed by atoms with Crippen molar-refractivity contribution in [3.8, 4) is 6.07 Å². The number of benzene rings is 2. The SMILES string of the molecule is N#CC1(C(O)c2cccc(F)c2)CCc2ccccc2C1. The minimum absolute atomic E-state index is 0.393. The smallest absolute Gasteiger partial charge is 0.123 e. The molecule has 1 aliphatic rings. The zero-order valence-corrected chi connectivity index (χ0v) is 11.6. The van der Waals surface area contributed by atoms with Crippen LogP contribution in [0.15, 0.2) is 48.5 Å². The number of halogens is 1. The Morgan fingerprint density at radius 3 is 2.62 bits per heavy atom. The lowest BCUT2D eigenvalue weighted by molar-refractivity contribution is 0.0523. The number of nitriles is 1. The van der Waals surface area contributed by atoms with Crippen molar-refractivity contribution in [3.63, 3.8) is 0 Å². The van der Waals surface area contributed by atoms with E-state index in [4.69, 9.17) is 0 Å². The molecule has 106 valence electrons. The average Bonchev–Trinajstić information content (AvgIpc) is 2.53. The molecule has 0 saturated carbocycles. The zero-order chi connectivity index (χ0) is 14.9. The van der Waals surface area contributed by atoms with Crippen LogP contribution >= 0.6 is 0 Å². The van der Waals surface area contributed by atoms with Gasteiger partial charge in [-0.25, -0.2) is 4.39 Å². The van der Waals surface area contributed by atoms with E-state index in [1.165, 1.54) is 17.7 Å². The number of aliphatic hydroxyl groups excluding tert-OH is 1. The molecule has 3 rings (SSSR count). The van der Waals surface area contributed by atoms with Crippen LogP contribution < -0.4 is 0 Å². The molecule has 0 aromatic heterocycles. The van der Waals surface area contributed by atoms with E-state index in [1.54, 1.807) is 12.1 Å². The highest BCUT2D eigenvalue weighted by Crippen LogP contribution is 2.44. The van der Waals surface area contributed by atoms with Crippen LogP contribution in [0.4, 0.5) is 4.39 Å². The van der Waals surface area contributed by atoms with Crippen molar-refractivity contribution in [3.05, 3.63) is 71.0 Å². The molecule has 0 heterocycles. The number of hydrogen-bond acceptors (Lipinski definition) is 2. The summed E-state index contributed by atoms with van der Waals surface area (Å²) in [5.74, 6) is -0.393. The van der Waals surface area contributed by atoms with Gasteiger partial charge in [0.1, 0.15) is 5.82 Å². The topological polar surface area (TPSA) is 44.0 Å². The van der Waals surface area contributed by atoms with Crippen molar-refractivity contribution in [2.75, 3.05) is 0 Å². The lowest BCUT2D eigenvalue weighted by Gasteiger charge is -2.36. The molecule has 2 aromatic carbocycles. The molecule has 2 aromatic rings. The summed E-state index contributed by atoms with van der Waals surface area (Å²) in [5.41, 5.74) is 1.91. The molecule has 2 atom stereocenters. The highest BCUT2D eigenvalue weighted by Gasteiger charge is 2.42. The second-order valence-corrected chi connectivity index (χ2v) is 5.67. The maximum atomic E-state index is 13.4. The second-order valence-electron chi connectivity index (χ2n) is 5.67. The fraction of sp³-hybridized carbons (Fsp3) is 0.278. The standard InChI is InChI=1S/C18H16FNO/c19-16-7-3-6-14(10-16)17(21)18(12-20)9-8-13-4-1-2-5-15(13)11-18/h1-7,10,17,21H,8-9,11H2. The van der Waals surface area contributed by atoms with Crippen LogP contribution in [0.25, 0.3) is 0 Å². The molecule has 2 unspecified atom stereocenters. The summed E-state index contributed by atoms with van der Waals surface area (Å²) in [4.78, 5) is 0. The highest BCUT2D eigenvalue weighted by atomic mass is 19.1. The van der Waals surface area contributed by atoms with Gasteiger partial charge >= 0.3 is 0 Å². The first-order valence-corrected chi connectivity index (χ1v) is 7.06. The lowest BCUT2D eigenvalue weighted by Crippen LogP contribution is -2.34. The van der Waals surface area contributed by atoms with Crippen LogP contribution in [0.3, 0.4) is 0 Å². The van der Waals surface area contributed by atoms with Crippen molar-refractivity contribution in [2.45, 2.75) is 25.4 Å². The van der Waals surface area contributed by atoms with Gasteiger partial charge in [0.25, 0.3) is 0 Å². The summed E-state index contributed by atoms with van der Waals surface area (Å²) in [6, 6.07) is 16.2. The van der Waals surface area contributed by atoms with E-state index >= 15 is 0 Å². The van der Waals surface area contributed by atoms with Crippen molar-refractivity contribution >= 4 is 0 Å². The fourth-order valence-corrected chi connectivity index (χ4v) is 3.15. The Bertz CT molecular complexity index is 706. The molecular formula is C18H16FNO. The molecule has 0 spiro atoms. The molecule has 2 nitrogen and oxygen atoms in total. The number of nitrogens with zero attached hydrogens (tertiary/aromatic N) is 1. The van der Waals surface area contributed by atoms with E-state index in [2.05, 4.69) is 12.1 Å². The third kappa shape index (κ3) is 2.43. The molecule has 0 aliphatic heterocycles. The molecule has 0 saturated heterocycles. The molecule has 0 amide bonds. The Kier molecular flexibility index (Phi) is 3.48. The molecule has 3 heteroatoms. The van der Waals surface area contributed by atoms with Gasteiger partial charge in [-0.2, -0.15) is 5.26 Å². The lowest BCUT2D eigenvalue weighted by atomic mass is 9.67. The Morgan fingerprint density at radius 1 is 1.14 bits per heavy atom. The number of aliphatic hydroxyl groups is 1. The predicted octanol–water partition coefficient (Wildman–Crippen LogP) is 3.56. The van der Waals surface area contributed by atoms with Gasteiger partial charge in [-0.3, -0.25) is 0 Å². The van der Waals surface area contributed by atoms with Crippen molar-refractivity contribution in [1.82, 2.24) is 0 Å². The van der Waals surface area contributed by atoms with Gasteiger partial charge in [0.2, 0.25) is 0 Å². The van der Waals surface area contributed by atoms with Gasteiger partial charge in [0, 0.05) is 0 Å². The summed E-state index contributed by atoms with van der Waals surface area (Å²) in [6.45, 7) is 0. The normalized spacial score (nSPS) is 22.1. The summed E-state index contributed by atoms with van der Waals surface area (Å²) >= 11 is 0. The Balaban J connectivity index is 1.97. The molecule has 1 N–H and O–H groups in total. The maximum absolute atomic E-state index is 13.4. The molecule has 0 fully saturated rings. The average molecular weight is 281 g/mol. The van der Waals surface area contributed by atoms with Crippen LogP contribution in [-0.4, -0.2) is 5.11 Å². The van der Waals surface area contributed by atoms with Crippen LogP contribution in [0, 0.1) is 22.6 Å². The Morgan fingerprint density at radius 2 is 1.90 bits per heavy atom. The Labute approximate surface area is 123 Å². The molecule has 21 heavy (non-hydrogen) atoms. The van der Waals surface area contributed by atoms with E-state index in [-0.39, 0.29) is 0 Å². The van der Waals surface area contributed by atoms with Crippen LogP contribution in [0.1, 0.15) is 29.2 Å². The van der Waals surface area contributed by atoms with Gasteiger partial charge in [-0.15, -0.1) is 0 Å². The molecule has 1 aliphatic carbocycles. The van der Waals surface area contributed by atoms with Crippen molar-refractivity contribution in [2.24, 2.45) is 5.41 Å². The first-order valence-electron chi connectivity index (χ1n) is 7.06. The van der Waals surface area contributed by atoms with E-state index < -0.39 is 17.3 Å². The first-order chi connectivity index (χ1) is 10.1. The summed E-state index contributed by atoms with van der Waals surface area (Å²) in [5, 5.41) is 20.3. The third-order valence-electron chi connectivity index (χ3n) is 4.38. The largest absolute Gasteiger partial charge is 0.387 e. The van der Waals surface area contributed by atoms with Gasteiger partial charge in [0.05, 0.1) is 17.6 Å². The minimum Gasteiger partial charge on any atom is -0.387 e. The number of rotatable bonds is 2. The summed E-state index contributed by atoms with van der Waals surface area (Å²) < 4.78 is 13.4. The third-order valence-corrected chi connectivity index (χ3v) is 4.38. The highest BCUT2D eigenvalue weighted by molar-refractivity contribution is 5.35. The summed E-state index contributed by atoms with van der Waals surface area (Å²) in [7, 11) is 0. The van der Waals surface area contributed by atoms with E-state index in [0.717, 1.165) is 12.0 Å². The van der Waals surface area contributed by atoms with Crippen molar-refractivity contribution in [1.29, 1.82) is 5.26 Å². The zero-order valence-electron chi connectivity index (χ0n) is 11.6. The number of hydrogen-bond donors (Lipinski definition) is 1. The molecular weight excluding hydrogens is 265 g/mol. The Hall–Kier alpha value is -2.18. The van der Waals surface area contributed by atoms with Crippen molar-refractivity contribution < 1.29 is 9.50 Å². The fourth-order valence-electron chi connectivity index (χ4n) is 3.15. The minimum atomic E-state index is -0.980. The van der Waals surface area contributed by atoms with E-state index in [1.807, 2.05) is 18.2 Å². The number of aryl methyl sites for hydroxylation is 1. The van der Waals surface area contributed by atoms with Gasteiger partial charge in [-0.05, 0) is 48.1 Å². The predicted molar refractivity (Wildman–Crippen MR) is 77.9 cm³/mol. The van der Waals surface area contributed by atoms with Crippen LogP contribution in [0.5, 0.6) is 0 Å². The quantitative estimate of drug-likeness (QED) is 0.914. The van der Waals surface area contributed by atoms with Gasteiger partial charge in [0.15, 0.2) is 0 Å².